The van der Waals surface area contributed by atoms with Gasteiger partial charge in [-0.25, -0.2) is 0 Å². The van der Waals surface area contributed by atoms with Crippen molar-refractivity contribution in [2.45, 2.75) is 71.3 Å². The molecule has 0 heterocycles. The summed E-state index contributed by atoms with van der Waals surface area (Å²) in [7, 11) is 0. The predicted octanol–water partition coefficient (Wildman–Crippen LogP) is 3.75. The molecule has 1 atom stereocenters. The quantitative estimate of drug-likeness (QED) is 0.516. The van der Waals surface area contributed by atoms with Gasteiger partial charge in [0.2, 0.25) is 0 Å². The summed E-state index contributed by atoms with van der Waals surface area (Å²) in [6.45, 7) is 7.39. The molecule has 1 saturated carbocycles. The van der Waals surface area contributed by atoms with E-state index in [1.54, 1.807) is 0 Å². The zero-order valence-corrected chi connectivity index (χ0v) is 11.8. The van der Waals surface area contributed by atoms with Gasteiger partial charge >= 0.3 is 0 Å². The second kappa shape index (κ2) is 9.90. The van der Waals surface area contributed by atoms with Crippen molar-refractivity contribution in [1.29, 1.82) is 0 Å². The molecule has 2 heteroatoms. The van der Waals surface area contributed by atoms with Crippen molar-refractivity contribution in [3.05, 3.63) is 0 Å². The SMILES string of the molecule is CCCNC(COCCC)C1CCCCCC1. The maximum Gasteiger partial charge on any atom is 0.0622 e. The lowest BCUT2D eigenvalue weighted by atomic mass is 9.92. The van der Waals surface area contributed by atoms with Crippen LogP contribution >= 0.6 is 0 Å². The fourth-order valence-electron chi connectivity index (χ4n) is 2.76. The van der Waals surface area contributed by atoms with Crippen molar-refractivity contribution >= 4 is 0 Å². The summed E-state index contributed by atoms with van der Waals surface area (Å²) in [6, 6.07) is 0.597. The molecular formula is C15H31NO. The van der Waals surface area contributed by atoms with E-state index >= 15 is 0 Å². The van der Waals surface area contributed by atoms with E-state index < -0.39 is 0 Å². The van der Waals surface area contributed by atoms with E-state index in [2.05, 4.69) is 19.2 Å². The van der Waals surface area contributed by atoms with Crippen LogP contribution in [0.5, 0.6) is 0 Å². The minimum absolute atomic E-state index is 0.597. The second-order valence-electron chi connectivity index (χ2n) is 5.39. The van der Waals surface area contributed by atoms with Crippen molar-refractivity contribution in [1.82, 2.24) is 5.32 Å². The van der Waals surface area contributed by atoms with Crippen LogP contribution < -0.4 is 5.32 Å². The summed E-state index contributed by atoms with van der Waals surface area (Å²) in [5, 5.41) is 3.70. The third-order valence-corrected chi connectivity index (χ3v) is 3.77. The van der Waals surface area contributed by atoms with Crippen LogP contribution in [-0.2, 0) is 4.74 Å². The molecule has 0 radical (unpaired) electrons. The van der Waals surface area contributed by atoms with Crippen LogP contribution in [0.4, 0.5) is 0 Å². The Bertz CT molecular complexity index is 164. The monoisotopic (exact) mass is 241 g/mol. The highest BCUT2D eigenvalue weighted by molar-refractivity contribution is 4.78. The molecular weight excluding hydrogens is 210 g/mol. The summed E-state index contributed by atoms with van der Waals surface area (Å²) >= 11 is 0. The molecule has 0 aliphatic heterocycles. The fraction of sp³-hybridized carbons (Fsp3) is 1.00. The maximum absolute atomic E-state index is 5.77. The Morgan fingerprint density at radius 1 is 1.06 bits per heavy atom. The summed E-state index contributed by atoms with van der Waals surface area (Å²) in [5.41, 5.74) is 0. The molecule has 1 aliphatic carbocycles. The van der Waals surface area contributed by atoms with Gasteiger partial charge in [0, 0.05) is 12.6 Å². The van der Waals surface area contributed by atoms with Gasteiger partial charge < -0.3 is 10.1 Å². The Balaban J connectivity index is 2.35. The smallest absolute Gasteiger partial charge is 0.0622 e. The fourth-order valence-corrected chi connectivity index (χ4v) is 2.76. The van der Waals surface area contributed by atoms with Gasteiger partial charge in [0.25, 0.3) is 0 Å². The largest absolute Gasteiger partial charge is 0.380 e. The van der Waals surface area contributed by atoms with E-state index in [0.717, 1.165) is 32.1 Å². The van der Waals surface area contributed by atoms with Gasteiger partial charge in [-0.2, -0.15) is 0 Å². The molecule has 0 aromatic rings. The molecule has 0 aromatic carbocycles. The van der Waals surface area contributed by atoms with Gasteiger partial charge in [0.1, 0.15) is 0 Å². The van der Waals surface area contributed by atoms with E-state index in [9.17, 15) is 0 Å². The molecule has 1 aliphatic rings. The first-order valence-electron chi connectivity index (χ1n) is 7.69. The molecule has 17 heavy (non-hydrogen) atoms. The number of rotatable bonds is 8. The van der Waals surface area contributed by atoms with Crippen molar-refractivity contribution in [2.24, 2.45) is 5.92 Å². The van der Waals surface area contributed by atoms with Crippen LogP contribution in [0.3, 0.4) is 0 Å². The van der Waals surface area contributed by atoms with E-state index in [4.69, 9.17) is 4.74 Å². The topological polar surface area (TPSA) is 21.3 Å². The minimum Gasteiger partial charge on any atom is -0.380 e. The Morgan fingerprint density at radius 3 is 2.35 bits per heavy atom. The van der Waals surface area contributed by atoms with Crippen LogP contribution in [0.15, 0.2) is 0 Å². The summed E-state index contributed by atoms with van der Waals surface area (Å²) < 4.78 is 5.77. The molecule has 1 fully saturated rings. The van der Waals surface area contributed by atoms with Crippen LogP contribution in [0, 0.1) is 5.92 Å². The Kier molecular flexibility index (Phi) is 8.72. The van der Waals surface area contributed by atoms with Crippen LogP contribution in [0.1, 0.15) is 65.2 Å². The number of ether oxygens (including phenoxy) is 1. The zero-order chi connectivity index (χ0) is 12.3. The van der Waals surface area contributed by atoms with Crippen molar-refractivity contribution in [2.75, 3.05) is 19.8 Å². The van der Waals surface area contributed by atoms with Gasteiger partial charge in [0.05, 0.1) is 6.61 Å². The standard InChI is InChI=1S/C15H31NO/c1-3-11-16-15(13-17-12-4-2)14-9-7-5-6-8-10-14/h14-16H,3-13H2,1-2H3. The summed E-state index contributed by atoms with van der Waals surface area (Å²) in [5.74, 6) is 0.848. The molecule has 1 unspecified atom stereocenters. The highest BCUT2D eigenvalue weighted by Gasteiger charge is 2.22. The minimum atomic E-state index is 0.597. The highest BCUT2D eigenvalue weighted by atomic mass is 16.5. The third-order valence-electron chi connectivity index (χ3n) is 3.77. The first kappa shape index (κ1) is 15.0. The summed E-state index contributed by atoms with van der Waals surface area (Å²) in [6.07, 6.45) is 10.9. The zero-order valence-electron chi connectivity index (χ0n) is 11.8. The van der Waals surface area contributed by atoms with Crippen molar-refractivity contribution < 1.29 is 4.74 Å². The van der Waals surface area contributed by atoms with Gasteiger partial charge in [-0.1, -0.05) is 39.5 Å². The predicted molar refractivity (Wildman–Crippen MR) is 74.4 cm³/mol. The lowest BCUT2D eigenvalue weighted by Gasteiger charge is -2.27. The number of hydrogen-bond donors (Lipinski definition) is 1. The Hall–Kier alpha value is -0.0800. The van der Waals surface area contributed by atoms with Gasteiger partial charge in [-0.15, -0.1) is 0 Å². The Labute approximate surface area is 108 Å². The van der Waals surface area contributed by atoms with Crippen molar-refractivity contribution in [3.8, 4) is 0 Å². The molecule has 1 N–H and O–H groups in total. The van der Waals surface area contributed by atoms with E-state index in [1.807, 2.05) is 0 Å². The van der Waals surface area contributed by atoms with E-state index in [-0.39, 0.29) is 0 Å². The third kappa shape index (κ3) is 6.42. The Morgan fingerprint density at radius 2 is 1.76 bits per heavy atom. The molecule has 1 rings (SSSR count). The van der Waals surface area contributed by atoms with Crippen molar-refractivity contribution in [3.63, 3.8) is 0 Å². The molecule has 0 aromatic heterocycles. The number of nitrogens with one attached hydrogen (secondary N) is 1. The van der Waals surface area contributed by atoms with Gasteiger partial charge in [-0.05, 0) is 38.1 Å². The normalized spacial score (nSPS) is 20.1. The van der Waals surface area contributed by atoms with E-state index in [0.29, 0.717) is 6.04 Å². The van der Waals surface area contributed by atoms with E-state index in [1.165, 1.54) is 44.9 Å². The maximum atomic E-state index is 5.77. The lowest BCUT2D eigenvalue weighted by molar-refractivity contribution is 0.0898. The molecule has 0 amide bonds. The molecule has 102 valence electrons. The van der Waals surface area contributed by atoms with Crippen LogP contribution in [0.2, 0.25) is 0 Å². The number of hydrogen-bond acceptors (Lipinski definition) is 2. The molecule has 2 nitrogen and oxygen atoms in total. The van der Waals surface area contributed by atoms with Gasteiger partial charge in [-0.3, -0.25) is 0 Å². The molecule has 0 spiro atoms. The summed E-state index contributed by atoms with van der Waals surface area (Å²) in [4.78, 5) is 0. The molecule has 0 saturated heterocycles. The van der Waals surface area contributed by atoms with Crippen LogP contribution in [-0.4, -0.2) is 25.8 Å². The average Bonchev–Trinajstić information content (AvgIpc) is 2.62. The first-order chi connectivity index (χ1) is 8.38. The molecule has 0 bridgehead atoms. The van der Waals surface area contributed by atoms with Gasteiger partial charge in [0.15, 0.2) is 0 Å². The van der Waals surface area contributed by atoms with Crippen LogP contribution in [0.25, 0.3) is 0 Å². The second-order valence-corrected chi connectivity index (χ2v) is 5.39. The highest BCUT2D eigenvalue weighted by Crippen LogP contribution is 2.25. The lowest BCUT2D eigenvalue weighted by Crippen LogP contribution is -2.40. The average molecular weight is 241 g/mol. The first-order valence-corrected chi connectivity index (χ1v) is 7.69.